The van der Waals surface area contributed by atoms with Gasteiger partial charge in [0.15, 0.2) is 17.2 Å². The second kappa shape index (κ2) is 15.0. The van der Waals surface area contributed by atoms with Gasteiger partial charge in [-0.05, 0) is 57.2 Å². The summed E-state index contributed by atoms with van der Waals surface area (Å²) in [6.45, 7) is 4.69. The predicted molar refractivity (Wildman–Crippen MR) is 158 cm³/mol. The lowest BCUT2D eigenvalue weighted by molar-refractivity contribution is -0.154. The van der Waals surface area contributed by atoms with Gasteiger partial charge in [0.1, 0.15) is 24.0 Å². The van der Waals surface area contributed by atoms with Gasteiger partial charge in [-0.1, -0.05) is 48.0 Å². The summed E-state index contributed by atoms with van der Waals surface area (Å²) in [6, 6.07) is 18.5. The van der Waals surface area contributed by atoms with Gasteiger partial charge < -0.3 is 29.0 Å². The molecule has 1 aliphatic rings. The van der Waals surface area contributed by atoms with Crippen molar-refractivity contribution in [1.82, 2.24) is 10.3 Å². The van der Waals surface area contributed by atoms with Crippen LogP contribution < -0.4 is 19.5 Å². The molecular weight excluding hydrogens is 552 g/mol. The summed E-state index contributed by atoms with van der Waals surface area (Å²) in [7, 11) is 1.41. The molecule has 1 saturated heterocycles. The molecular formula is C33H38N2O8. The molecule has 4 atom stereocenters. The van der Waals surface area contributed by atoms with E-state index in [1.165, 1.54) is 26.3 Å². The maximum absolute atomic E-state index is 13.4. The molecule has 43 heavy (non-hydrogen) atoms. The SMILES string of the molecule is COc1ccnc(C(=O)N[C@H]2CCC[C@H](Oc3ccc(C)cc3)[C@@H](Cc3ccccc3)[C@H](C)OC2=O)c1OCOC(C)=O. The fourth-order valence-electron chi connectivity index (χ4n) is 5.05. The Morgan fingerprint density at radius 3 is 2.49 bits per heavy atom. The number of hydrogen-bond acceptors (Lipinski definition) is 9. The number of nitrogens with zero attached hydrogens (tertiary/aromatic N) is 1. The zero-order valence-corrected chi connectivity index (χ0v) is 24.9. The van der Waals surface area contributed by atoms with Crippen LogP contribution >= 0.6 is 0 Å². The van der Waals surface area contributed by atoms with Crippen LogP contribution in [0.15, 0.2) is 66.9 Å². The van der Waals surface area contributed by atoms with E-state index in [0.717, 1.165) is 16.9 Å². The van der Waals surface area contributed by atoms with Crippen LogP contribution in [0.3, 0.4) is 0 Å². The number of esters is 2. The fourth-order valence-corrected chi connectivity index (χ4v) is 5.05. The van der Waals surface area contributed by atoms with E-state index in [-0.39, 0.29) is 29.2 Å². The van der Waals surface area contributed by atoms with Gasteiger partial charge in [-0.25, -0.2) is 9.78 Å². The highest BCUT2D eigenvalue weighted by Gasteiger charge is 2.36. The summed E-state index contributed by atoms with van der Waals surface area (Å²) in [5.41, 5.74) is 2.13. The monoisotopic (exact) mass is 590 g/mol. The zero-order valence-electron chi connectivity index (χ0n) is 24.9. The summed E-state index contributed by atoms with van der Waals surface area (Å²) in [5, 5.41) is 2.77. The van der Waals surface area contributed by atoms with E-state index in [2.05, 4.69) is 22.4 Å². The molecule has 10 nitrogen and oxygen atoms in total. The molecule has 0 radical (unpaired) electrons. The highest BCUT2D eigenvalue weighted by Crippen LogP contribution is 2.31. The minimum Gasteiger partial charge on any atom is -0.493 e. The average molecular weight is 591 g/mol. The molecule has 1 aromatic heterocycles. The van der Waals surface area contributed by atoms with E-state index in [1.807, 2.05) is 56.3 Å². The van der Waals surface area contributed by atoms with E-state index in [1.54, 1.807) is 0 Å². The number of carbonyl (C=O) groups is 3. The van der Waals surface area contributed by atoms with Crippen LogP contribution in [0.2, 0.25) is 0 Å². The highest BCUT2D eigenvalue weighted by atomic mass is 16.7. The summed E-state index contributed by atoms with van der Waals surface area (Å²) in [4.78, 5) is 42.2. The number of pyridine rings is 1. The number of aromatic nitrogens is 1. The van der Waals surface area contributed by atoms with Gasteiger partial charge >= 0.3 is 11.9 Å². The second-order valence-electron chi connectivity index (χ2n) is 10.5. The van der Waals surface area contributed by atoms with E-state index in [0.29, 0.717) is 25.7 Å². The van der Waals surface area contributed by atoms with Crippen molar-refractivity contribution in [3.8, 4) is 17.2 Å². The molecule has 228 valence electrons. The summed E-state index contributed by atoms with van der Waals surface area (Å²) in [5.74, 6) is -0.920. The van der Waals surface area contributed by atoms with Crippen molar-refractivity contribution in [2.24, 2.45) is 5.92 Å². The van der Waals surface area contributed by atoms with Crippen LogP contribution in [0.25, 0.3) is 0 Å². The lowest BCUT2D eigenvalue weighted by Crippen LogP contribution is -2.44. The first-order chi connectivity index (χ1) is 20.7. The number of methoxy groups -OCH3 is 1. The number of hydrogen-bond donors (Lipinski definition) is 1. The van der Waals surface area contributed by atoms with Crippen LogP contribution in [-0.2, 0) is 25.5 Å². The largest absolute Gasteiger partial charge is 0.493 e. The Morgan fingerprint density at radius 2 is 1.79 bits per heavy atom. The predicted octanol–water partition coefficient (Wildman–Crippen LogP) is 4.82. The zero-order chi connectivity index (χ0) is 30.8. The molecule has 1 aliphatic heterocycles. The first-order valence-corrected chi connectivity index (χ1v) is 14.3. The molecule has 1 amide bonds. The Hall–Kier alpha value is -4.60. The van der Waals surface area contributed by atoms with Crippen LogP contribution in [0, 0.1) is 12.8 Å². The Bertz CT molecular complexity index is 1380. The van der Waals surface area contributed by atoms with Gasteiger partial charge in [0, 0.05) is 25.1 Å². The minimum atomic E-state index is -0.931. The number of nitrogens with one attached hydrogen (secondary N) is 1. The molecule has 1 N–H and O–H groups in total. The van der Waals surface area contributed by atoms with Crippen LogP contribution in [0.5, 0.6) is 17.2 Å². The lowest BCUT2D eigenvalue weighted by Gasteiger charge is -2.31. The van der Waals surface area contributed by atoms with Crippen LogP contribution in [0.4, 0.5) is 0 Å². The van der Waals surface area contributed by atoms with Gasteiger partial charge in [0.2, 0.25) is 6.79 Å². The third-order valence-electron chi connectivity index (χ3n) is 7.35. The molecule has 2 aromatic carbocycles. The van der Waals surface area contributed by atoms with Crippen LogP contribution in [0.1, 0.15) is 54.7 Å². The third-order valence-corrected chi connectivity index (χ3v) is 7.35. The molecule has 0 bridgehead atoms. The molecule has 2 heterocycles. The first kappa shape index (κ1) is 31.3. The standard InChI is InChI=1S/C33H38N2O8/c1-21-13-15-25(16-14-21)43-28-12-8-11-27(33(38)42-22(2)26(28)19-24-9-6-5-7-10-24)35-32(37)30-31(41-20-40-23(3)36)29(39-4)17-18-34-30/h5-7,9-10,13-18,22,26-28H,8,11-12,19-20H2,1-4H3,(H,35,37)/t22-,26-,27-,28-/m0/s1. The summed E-state index contributed by atoms with van der Waals surface area (Å²) in [6.07, 6.45) is 2.87. The van der Waals surface area contributed by atoms with Gasteiger partial charge in [0.05, 0.1) is 7.11 Å². The smallest absolute Gasteiger partial charge is 0.328 e. The molecule has 3 aromatic rings. The Morgan fingerprint density at radius 1 is 1.05 bits per heavy atom. The summed E-state index contributed by atoms with van der Waals surface area (Å²) >= 11 is 0. The lowest BCUT2D eigenvalue weighted by atomic mass is 9.87. The molecule has 0 unspecified atom stereocenters. The van der Waals surface area contributed by atoms with Crippen LogP contribution in [-0.4, -0.2) is 55.0 Å². The second-order valence-corrected chi connectivity index (χ2v) is 10.5. The number of carbonyl (C=O) groups excluding carboxylic acids is 3. The number of ether oxygens (including phenoxy) is 5. The maximum Gasteiger partial charge on any atom is 0.328 e. The number of amides is 1. The maximum atomic E-state index is 13.4. The number of aryl methyl sites for hydroxylation is 1. The Labute approximate surface area is 251 Å². The molecule has 0 saturated carbocycles. The Kier molecular flexibility index (Phi) is 11.0. The van der Waals surface area contributed by atoms with E-state index in [4.69, 9.17) is 23.7 Å². The quantitative estimate of drug-likeness (QED) is 0.262. The highest BCUT2D eigenvalue weighted by molar-refractivity contribution is 5.98. The topological polar surface area (TPSA) is 122 Å². The normalized spacial score (nSPS) is 20.4. The minimum absolute atomic E-state index is 0.0111. The van der Waals surface area contributed by atoms with E-state index in [9.17, 15) is 14.4 Å². The van der Waals surface area contributed by atoms with Crippen molar-refractivity contribution < 1.29 is 38.1 Å². The number of rotatable bonds is 10. The molecule has 0 spiro atoms. The fraction of sp³-hybridized carbons (Fsp3) is 0.394. The van der Waals surface area contributed by atoms with Gasteiger partial charge in [-0.2, -0.15) is 0 Å². The summed E-state index contributed by atoms with van der Waals surface area (Å²) < 4.78 is 28.2. The molecule has 4 rings (SSSR count). The van der Waals surface area contributed by atoms with Crippen molar-refractivity contribution in [2.75, 3.05) is 13.9 Å². The van der Waals surface area contributed by atoms with Crippen molar-refractivity contribution in [1.29, 1.82) is 0 Å². The molecule has 1 fully saturated rings. The van der Waals surface area contributed by atoms with Crippen molar-refractivity contribution in [3.63, 3.8) is 0 Å². The number of benzene rings is 2. The number of cyclic esters (lactones) is 1. The van der Waals surface area contributed by atoms with Gasteiger partial charge in [-0.15, -0.1) is 0 Å². The third kappa shape index (κ3) is 8.70. The van der Waals surface area contributed by atoms with Crippen molar-refractivity contribution in [3.05, 3.63) is 83.7 Å². The Balaban J connectivity index is 1.54. The van der Waals surface area contributed by atoms with Crippen molar-refractivity contribution >= 4 is 17.8 Å². The van der Waals surface area contributed by atoms with Gasteiger partial charge in [-0.3, -0.25) is 9.59 Å². The van der Waals surface area contributed by atoms with E-state index >= 15 is 0 Å². The molecule has 10 heteroatoms. The average Bonchev–Trinajstić information content (AvgIpc) is 3.04. The van der Waals surface area contributed by atoms with Gasteiger partial charge in [0.25, 0.3) is 5.91 Å². The van der Waals surface area contributed by atoms with Crippen molar-refractivity contribution in [2.45, 2.75) is 64.7 Å². The first-order valence-electron chi connectivity index (χ1n) is 14.3. The molecule has 0 aliphatic carbocycles. The van der Waals surface area contributed by atoms with E-state index < -0.39 is 36.8 Å².